The van der Waals surface area contributed by atoms with Crippen LogP contribution < -0.4 is 4.74 Å². The predicted molar refractivity (Wildman–Crippen MR) is 175 cm³/mol. The summed E-state index contributed by atoms with van der Waals surface area (Å²) in [4.78, 5) is 30.1. The van der Waals surface area contributed by atoms with Gasteiger partial charge in [-0.3, -0.25) is 14.5 Å². The highest BCUT2D eigenvalue weighted by atomic mass is 32.1. The number of fused-ring (bicyclic) bond motifs is 3. The minimum absolute atomic E-state index is 0.0784. The Labute approximate surface area is 267 Å². The Morgan fingerprint density at radius 2 is 1.67 bits per heavy atom. The first-order valence-corrected chi connectivity index (χ1v) is 16.4. The van der Waals surface area contributed by atoms with E-state index in [4.69, 9.17) is 9.47 Å². The van der Waals surface area contributed by atoms with Crippen molar-refractivity contribution in [1.29, 1.82) is 0 Å². The molecule has 2 aliphatic heterocycles. The van der Waals surface area contributed by atoms with Gasteiger partial charge in [0.15, 0.2) is 0 Å². The van der Waals surface area contributed by atoms with Crippen molar-refractivity contribution in [3.05, 3.63) is 130 Å². The van der Waals surface area contributed by atoms with E-state index in [0.717, 1.165) is 45.7 Å². The van der Waals surface area contributed by atoms with Gasteiger partial charge in [-0.05, 0) is 82.8 Å². The van der Waals surface area contributed by atoms with Gasteiger partial charge in [0.1, 0.15) is 18.1 Å². The van der Waals surface area contributed by atoms with Crippen LogP contribution in [-0.4, -0.2) is 41.1 Å². The Bertz CT molecular complexity index is 1710. The molecule has 4 aromatic rings. The molecule has 3 heterocycles. The van der Waals surface area contributed by atoms with E-state index in [1.54, 1.807) is 23.5 Å². The first-order chi connectivity index (χ1) is 22.0. The summed E-state index contributed by atoms with van der Waals surface area (Å²) in [6, 6.07) is 31.2. The molecular weight excluding hydrogens is 582 g/mol. The maximum absolute atomic E-state index is 13.9. The Morgan fingerprint density at radius 1 is 0.911 bits per heavy atom. The molecule has 0 bridgehead atoms. The van der Waals surface area contributed by atoms with E-state index in [1.807, 2.05) is 78.2 Å². The van der Waals surface area contributed by atoms with Crippen LogP contribution in [0.25, 0.3) is 11.6 Å². The zero-order valence-electron chi connectivity index (χ0n) is 24.9. The average Bonchev–Trinajstić information content (AvgIpc) is 3.80. The van der Waals surface area contributed by atoms with Crippen molar-refractivity contribution in [1.82, 2.24) is 4.90 Å². The molecule has 228 valence electrons. The molecule has 1 N–H and O–H groups in total. The number of para-hydroxylation sites is 1. The van der Waals surface area contributed by atoms with Crippen LogP contribution in [0.5, 0.6) is 11.5 Å². The van der Waals surface area contributed by atoms with Gasteiger partial charge in [-0.25, -0.2) is 0 Å². The molecule has 45 heavy (non-hydrogen) atoms. The highest BCUT2D eigenvalue weighted by Gasteiger charge is 2.57. The Morgan fingerprint density at radius 3 is 2.40 bits per heavy atom. The van der Waals surface area contributed by atoms with Crippen molar-refractivity contribution in [2.45, 2.75) is 31.9 Å². The number of aromatic hydroxyl groups is 1. The minimum atomic E-state index is -0.404. The molecule has 2 fully saturated rings. The lowest BCUT2D eigenvalue weighted by Crippen LogP contribution is -2.35. The Kier molecular flexibility index (Phi) is 8.37. The summed E-state index contributed by atoms with van der Waals surface area (Å²) in [5.41, 5.74) is 5.53. The quantitative estimate of drug-likeness (QED) is 0.114. The molecule has 7 heteroatoms. The molecular formula is C38H35NO5S. The van der Waals surface area contributed by atoms with Gasteiger partial charge in [-0.15, -0.1) is 11.3 Å². The SMILES string of the molecule is O=C1[C@@H]2[C@@H](CC(COc3ccccc3)=C3[C@@H](CC/C(=C/c4ccc(O)cc4)c4ccccc4)OC[C@@H]32)C(=O)N1Cc1cccs1. The number of carbonyl (C=O) groups is 2. The number of ether oxygens (including phenoxy) is 2. The number of hydrogen-bond acceptors (Lipinski definition) is 6. The van der Waals surface area contributed by atoms with Gasteiger partial charge < -0.3 is 14.6 Å². The van der Waals surface area contributed by atoms with Crippen LogP contribution in [0.1, 0.15) is 35.3 Å². The summed E-state index contributed by atoms with van der Waals surface area (Å²) in [7, 11) is 0. The lowest BCUT2D eigenvalue weighted by molar-refractivity contribution is -0.140. The molecule has 0 unspecified atom stereocenters. The maximum Gasteiger partial charge on any atom is 0.234 e. The number of phenols is 1. The number of amides is 2. The van der Waals surface area contributed by atoms with E-state index in [0.29, 0.717) is 26.2 Å². The summed E-state index contributed by atoms with van der Waals surface area (Å²) in [5, 5.41) is 11.8. The van der Waals surface area contributed by atoms with E-state index >= 15 is 0 Å². The zero-order valence-corrected chi connectivity index (χ0v) is 25.7. The number of thiophene rings is 1. The van der Waals surface area contributed by atoms with Gasteiger partial charge in [-0.1, -0.05) is 72.8 Å². The third-order valence-electron chi connectivity index (χ3n) is 9.20. The highest BCUT2D eigenvalue weighted by molar-refractivity contribution is 7.09. The summed E-state index contributed by atoms with van der Waals surface area (Å²) in [5.74, 6) is -0.0892. The maximum atomic E-state index is 13.9. The summed E-state index contributed by atoms with van der Waals surface area (Å²) in [6.07, 6.45) is 3.98. The van der Waals surface area contributed by atoms with Crippen molar-refractivity contribution in [2.24, 2.45) is 17.8 Å². The predicted octanol–water partition coefficient (Wildman–Crippen LogP) is 7.37. The largest absolute Gasteiger partial charge is 0.508 e. The molecule has 1 aromatic heterocycles. The fraction of sp³-hybridized carbons (Fsp3) is 0.263. The van der Waals surface area contributed by atoms with Crippen LogP contribution in [0.15, 0.2) is 114 Å². The lowest BCUT2D eigenvalue weighted by atomic mass is 9.69. The number of likely N-dealkylation sites (tertiary alicyclic amines) is 1. The van der Waals surface area contributed by atoms with Crippen molar-refractivity contribution in [2.75, 3.05) is 13.2 Å². The van der Waals surface area contributed by atoms with E-state index in [2.05, 4.69) is 18.2 Å². The number of rotatable bonds is 10. The molecule has 6 nitrogen and oxygen atoms in total. The zero-order chi connectivity index (χ0) is 30.8. The van der Waals surface area contributed by atoms with E-state index < -0.39 is 11.8 Å². The third kappa shape index (κ3) is 6.10. The fourth-order valence-electron chi connectivity index (χ4n) is 7.08. The molecule has 3 aromatic carbocycles. The third-order valence-corrected chi connectivity index (χ3v) is 10.1. The number of phenolic OH excluding ortho intramolecular Hbond substituents is 1. The van der Waals surface area contributed by atoms with Gasteiger partial charge >= 0.3 is 0 Å². The molecule has 0 radical (unpaired) electrons. The van der Waals surface area contributed by atoms with Crippen molar-refractivity contribution in [3.8, 4) is 11.5 Å². The van der Waals surface area contributed by atoms with Crippen LogP contribution in [0, 0.1) is 17.8 Å². The van der Waals surface area contributed by atoms with Crippen LogP contribution in [0.3, 0.4) is 0 Å². The first-order valence-electron chi connectivity index (χ1n) is 15.5. The first kappa shape index (κ1) is 29.3. The second-order valence-corrected chi connectivity index (χ2v) is 13.0. The number of nitrogens with zero attached hydrogens (tertiary/aromatic N) is 1. The molecule has 7 rings (SSSR count). The standard InChI is InChI=1S/C38H35NO5S/c40-29-16-13-25(14-17-29)20-27(26-8-3-1-4-9-26)15-18-34-35-28(23-43-30-10-5-2-6-11-30)21-32-36(33(35)24-44-34)38(42)39(37(32)41)22-31-12-7-19-45-31/h1-14,16-17,19-20,32-34,36,40H,15,18,21-24H2/b27-20-/t32-,33+,34-,36-/m1/s1. The van der Waals surface area contributed by atoms with Gasteiger partial charge in [0.2, 0.25) is 11.8 Å². The Balaban J connectivity index is 1.18. The highest BCUT2D eigenvalue weighted by Crippen LogP contribution is 2.50. The topological polar surface area (TPSA) is 76.1 Å². The molecule has 0 saturated carbocycles. The smallest absolute Gasteiger partial charge is 0.234 e. The average molecular weight is 618 g/mol. The van der Waals surface area contributed by atoms with Crippen LogP contribution in [-0.2, 0) is 20.9 Å². The van der Waals surface area contributed by atoms with Crippen molar-refractivity contribution in [3.63, 3.8) is 0 Å². The molecule has 1 aliphatic carbocycles. The monoisotopic (exact) mass is 617 g/mol. The molecule has 0 spiro atoms. The van der Waals surface area contributed by atoms with E-state index in [9.17, 15) is 14.7 Å². The number of carbonyl (C=O) groups excluding carboxylic acids is 2. The molecule has 2 saturated heterocycles. The van der Waals surface area contributed by atoms with Crippen molar-refractivity contribution >= 4 is 34.8 Å². The molecule has 4 atom stereocenters. The van der Waals surface area contributed by atoms with Crippen molar-refractivity contribution < 1.29 is 24.2 Å². The summed E-state index contributed by atoms with van der Waals surface area (Å²) >= 11 is 1.56. The van der Waals surface area contributed by atoms with E-state index in [-0.39, 0.29) is 29.6 Å². The number of hydrogen-bond donors (Lipinski definition) is 1. The molecule has 3 aliphatic rings. The lowest BCUT2D eigenvalue weighted by Gasteiger charge is -2.32. The fourth-order valence-corrected chi connectivity index (χ4v) is 7.78. The van der Waals surface area contributed by atoms with Gasteiger partial charge in [0, 0.05) is 10.8 Å². The molecule has 2 amide bonds. The van der Waals surface area contributed by atoms with Crippen LogP contribution >= 0.6 is 11.3 Å². The van der Waals surface area contributed by atoms with Gasteiger partial charge in [0.05, 0.1) is 31.1 Å². The van der Waals surface area contributed by atoms with Gasteiger partial charge in [0.25, 0.3) is 0 Å². The Hall–Kier alpha value is -4.46. The number of allylic oxidation sites excluding steroid dienone is 1. The summed E-state index contributed by atoms with van der Waals surface area (Å²) in [6.45, 7) is 1.11. The van der Waals surface area contributed by atoms with Crippen LogP contribution in [0.4, 0.5) is 0 Å². The summed E-state index contributed by atoms with van der Waals surface area (Å²) < 4.78 is 12.8. The normalized spacial score (nSPS) is 22.9. The minimum Gasteiger partial charge on any atom is -0.508 e. The second kappa shape index (κ2) is 12.9. The number of imide groups is 1. The van der Waals surface area contributed by atoms with E-state index in [1.165, 1.54) is 10.5 Å². The van der Waals surface area contributed by atoms with Gasteiger partial charge in [-0.2, -0.15) is 0 Å². The van der Waals surface area contributed by atoms with Crippen LogP contribution in [0.2, 0.25) is 0 Å². The number of benzene rings is 3. The second-order valence-electron chi connectivity index (χ2n) is 11.9.